The molecule has 0 unspecified atom stereocenters. The van der Waals surface area contributed by atoms with E-state index in [9.17, 15) is 18.5 Å². The van der Waals surface area contributed by atoms with Crippen LogP contribution in [0, 0.1) is 11.3 Å². The van der Waals surface area contributed by atoms with Crippen molar-refractivity contribution < 1.29 is 27.1 Å². The van der Waals surface area contributed by atoms with Crippen LogP contribution in [-0.4, -0.2) is 65.5 Å². The van der Waals surface area contributed by atoms with Crippen molar-refractivity contribution in [3.63, 3.8) is 0 Å². The first-order valence-electron chi connectivity index (χ1n) is 11.6. The van der Waals surface area contributed by atoms with Gasteiger partial charge in [0.25, 0.3) is 0 Å². The number of benzene rings is 1. The van der Waals surface area contributed by atoms with Gasteiger partial charge in [0, 0.05) is 13.0 Å². The topological polar surface area (TPSA) is 153 Å². The number of furan rings is 1. The molecule has 0 bridgehead atoms. The van der Waals surface area contributed by atoms with Crippen molar-refractivity contribution in [2.75, 3.05) is 25.5 Å². The molecule has 3 heterocycles. The fraction of sp³-hybridized carbons (Fsp3) is 0.417. The van der Waals surface area contributed by atoms with Crippen molar-refractivity contribution in [1.29, 1.82) is 5.26 Å². The van der Waals surface area contributed by atoms with Gasteiger partial charge in [-0.05, 0) is 51.0 Å². The first-order chi connectivity index (χ1) is 17.6. The number of anilines is 1. The van der Waals surface area contributed by atoms with E-state index in [0.717, 1.165) is 0 Å². The summed E-state index contributed by atoms with van der Waals surface area (Å²) in [6.45, 7) is 2.96. The molecule has 12 nitrogen and oxygen atoms in total. The molecular formula is C24H28N6O6S. The number of sulfonamides is 1. The number of hydrogen-bond donors (Lipinski definition) is 1. The van der Waals surface area contributed by atoms with E-state index >= 15 is 0 Å². The molecule has 4 rings (SSSR count). The average molecular weight is 529 g/mol. The summed E-state index contributed by atoms with van der Waals surface area (Å²) in [5, 5.41) is 16.9. The standard InChI is InChI=1S/C24H28N6O6S/c1-16(14-29-20(31)11-6-12-24(29,2)15-25)37(32,33)28-23-27-26-22(19-10-7-13-36-19)30(23)21-17(34-3)8-5-9-18(21)35-4/h5,7-10,13,16H,6,11-12,14H2,1-4H3,(H,27,28)/t16-,24-/m0/s1. The maximum Gasteiger partial charge on any atom is 0.243 e. The van der Waals surface area contributed by atoms with Crippen LogP contribution in [0.15, 0.2) is 41.0 Å². The summed E-state index contributed by atoms with van der Waals surface area (Å²) in [5.41, 5.74) is -0.714. The maximum atomic E-state index is 13.5. The van der Waals surface area contributed by atoms with Crippen LogP contribution in [-0.2, 0) is 14.8 Å². The maximum absolute atomic E-state index is 13.5. The Kier molecular flexibility index (Phi) is 7.13. The summed E-state index contributed by atoms with van der Waals surface area (Å²) >= 11 is 0. The number of methoxy groups -OCH3 is 2. The zero-order chi connectivity index (χ0) is 26.8. The van der Waals surface area contributed by atoms with Gasteiger partial charge < -0.3 is 18.8 Å². The predicted molar refractivity (Wildman–Crippen MR) is 134 cm³/mol. The van der Waals surface area contributed by atoms with Crippen molar-refractivity contribution >= 4 is 21.9 Å². The van der Waals surface area contributed by atoms with Gasteiger partial charge in [0.05, 0.1) is 31.8 Å². The Morgan fingerprint density at radius 3 is 2.51 bits per heavy atom. The van der Waals surface area contributed by atoms with Crippen LogP contribution in [0.3, 0.4) is 0 Å². The van der Waals surface area contributed by atoms with Gasteiger partial charge >= 0.3 is 0 Å². The summed E-state index contributed by atoms with van der Waals surface area (Å²) in [4.78, 5) is 13.9. The van der Waals surface area contributed by atoms with Gasteiger partial charge in [-0.25, -0.2) is 8.42 Å². The number of piperidine rings is 1. The van der Waals surface area contributed by atoms with E-state index < -0.39 is 20.8 Å². The number of likely N-dealkylation sites (tertiary alicyclic amines) is 1. The summed E-state index contributed by atoms with van der Waals surface area (Å²) < 4.78 is 47.4. The Morgan fingerprint density at radius 2 is 1.92 bits per heavy atom. The van der Waals surface area contributed by atoms with E-state index in [4.69, 9.17) is 13.9 Å². The second kappa shape index (κ2) is 10.1. The quantitative estimate of drug-likeness (QED) is 0.442. The molecule has 1 N–H and O–H groups in total. The summed E-state index contributed by atoms with van der Waals surface area (Å²) in [7, 11) is -1.16. The molecule has 196 valence electrons. The minimum absolute atomic E-state index is 0.130. The monoisotopic (exact) mass is 528 g/mol. The van der Waals surface area contributed by atoms with E-state index in [2.05, 4.69) is 21.0 Å². The van der Waals surface area contributed by atoms with Crippen LogP contribution in [0.25, 0.3) is 17.3 Å². The molecule has 2 atom stereocenters. The van der Waals surface area contributed by atoms with Crippen LogP contribution in [0.1, 0.15) is 33.1 Å². The number of carbonyl (C=O) groups is 1. The molecule has 3 aromatic rings. The second-order valence-corrected chi connectivity index (χ2v) is 11.0. The Bertz CT molecular complexity index is 1410. The number of carbonyl (C=O) groups excluding carboxylic acids is 1. The molecule has 0 radical (unpaired) electrons. The van der Waals surface area contributed by atoms with Gasteiger partial charge in [0.1, 0.15) is 22.7 Å². The zero-order valence-electron chi connectivity index (χ0n) is 21.0. The summed E-state index contributed by atoms with van der Waals surface area (Å²) in [6, 6.07) is 10.6. The summed E-state index contributed by atoms with van der Waals surface area (Å²) in [6.07, 6.45) is 2.79. The fourth-order valence-electron chi connectivity index (χ4n) is 4.31. The number of rotatable bonds is 9. The van der Waals surface area contributed by atoms with Crippen molar-refractivity contribution in [2.24, 2.45) is 0 Å². The van der Waals surface area contributed by atoms with Crippen molar-refractivity contribution in [3.05, 3.63) is 36.6 Å². The summed E-state index contributed by atoms with van der Waals surface area (Å²) in [5.74, 6) is 0.922. The Labute approximate surface area is 214 Å². The van der Waals surface area contributed by atoms with Gasteiger partial charge in [-0.3, -0.25) is 14.1 Å². The zero-order valence-corrected chi connectivity index (χ0v) is 21.8. The van der Waals surface area contributed by atoms with Crippen molar-refractivity contribution in [3.8, 4) is 34.8 Å². The van der Waals surface area contributed by atoms with E-state index in [1.165, 1.54) is 36.9 Å². The molecular weight excluding hydrogens is 500 g/mol. The molecule has 1 saturated heterocycles. The Morgan fingerprint density at radius 1 is 1.22 bits per heavy atom. The van der Waals surface area contributed by atoms with Gasteiger partial charge in [-0.1, -0.05) is 6.07 Å². The van der Waals surface area contributed by atoms with Gasteiger partial charge in [0.15, 0.2) is 5.76 Å². The largest absolute Gasteiger partial charge is 0.494 e. The molecule has 0 spiro atoms. The highest BCUT2D eigenvalue weighted by molar-refractivity contribution is 7.93. The van der Waals surface area contributed by atoms with E-state index in [1.807, 2.05) is 0 Å². The van der Waals surface area contributed by atoms with Crippen LogP contribution in [0.2, 0.25) is 0 Å². The number of amides is 1. The molecule has 13 heteroatoms. The number of nitrogens with zero attached hydrogens (tertiary/aromatic N) is 5. The van der Waals surface area contributed by atoms with E-state index in [-0.39, 0.29) is 30.6 Å². The van der Waals surface area contributed by atoms with Crippen molar-refractivity contribution in [1.82, 2.24) is 19.7 Å². The Balaban J connectivity index is 1.75. The molecule has 0 saturated carbocycles. The highest BCUT2D eigenvalue weighted by Crippen LogP contribution is 2.38. The lowest BCUT2D eigenvalue weighted by atomic mass is 9.89. The van der Waals surface area contributed by atoms with Crippen LogP contribution < -0.4 is 14.2 Å². The second-order valence-electron chi connectivity index (χ2n) is 8.87. The first-order valence-corrected chi connectivity index (χ1v) is 13.1. The minimum Gasteiger partial charge on any atom is -0.494 e. The molecule has 1 aliphatic heterocycles. The SMILES string of the molecule is COc1cccc(OC)c1-n1c(NS(=O)(=O)[C@@H](C)CN2C(=O)CCC[C@@]2(C)C#N)nnc1-c1ccco1. The molecule has 0 aliphatic carbocycles. The molecule has 37 heavy (non-hydrogen) atoms. The fourth-order valence-corrected chi connectivity index (χ4v) is 5.24. The van der Waals surface area contributed by atoms with E-state index in [1.54, 1.807) is 37.3 Å². The highest BCUT2D eigenvalue weighted by Gasteiger charge is 2.41. The van der Waals surface area contributed by atoms with Crippen LogP contribution in [0.5, 0.6) is 11.5 Å². The number of hydrogen-bond acceptors (Lipinski definition) is 9. The third-order valence-electron chi connectivity index (χ3n) is 6.42. The molecule has 1 amide bonds. The van der Waals surface area contributed by atoms with Crippen LogP contribution >= 0.6 is 0 Å². The lowest BCUT2D eigenvalue weighted by Gasteiger charge is -2.40. The lowest BCUT2D eigenvalue weighted by molar-refractivity contribution is -0.138. The van der Waals surface area contributed by atoms with Gasteiger partial charge in [0.2, 0.25) is 27.7 Å². The van der Waals surface area contributed by atoms with Gasteiger partial charge in [-0.15, -0.1) is 10.2 Å². The molecule has 1 aromatic carbocycles. The van der Waals surface area contributed by atoms with Crippen molar-refractivity contribution in [2.45, 2.75) is 43.9 Å². The Hall–Kier alpha value is -4.05. The highest BCUT2D eigenvalue weighted by atomic mass is 32.2. The lowest BCUT2D eigenvalue weighted by Crippen LogP contribution is -2.55. The third kappa shape index (κ3) is 4.84. The normalized spacial score (nSPS) is 18.8. The number of para-hydroxylation sites is 1. The molecule has 1 fully saturated rings. The number of nitrogens with one attached hydrogen (secondary N) is 1. The van der Waals surface area contributed by atoms with E-state index in [0.29, 0.717) is 35.8 Å². The van der Waals surface area contributed by atoms with Gasteiger partial charge in [-0.2, -0.15) is 5.26 Å². The number of nitriles is 1. The molecule has 1 aliphatic rings. The number of ether oxygens (including phenoxy) is 2. The first kappa shape index (κ1) is 26.0. The number of aromatic nitrogens is 3. The minimum atomic E-state index is -4.11. The smallest absolute Gasteiger partial charge is 0.243 e. The van der Waals surface area contributed by atoms with Crippen LogP contribution in [0.4, 0.5) is 5.95 Å². The third-order valence-corrected chi connectivity index (χ3v) is 8.10. The molecule has 2 aromatic heterocycles. The predicted octanol–water partition coefficient (Wildman–Crippen LogP) is 2.97. The average Bonchev–Trinajstić information content (AvgIpc) is 3.55.